The van der Waals surface area contributed by atoms with Crippen molar-refractivity contribution in [2.45, 2.75) is 13.5 Å². The van der Waals surface area contributed by atoms with Crippen LogP contribution in [-0.4, -0.2) is 47.6 Å². The summed E-state index contributed by atoms with van der Waals surface area (Å²) in [6.07, 6.45) is 0.970. The molecule has 0 unspecified atom stereocenters. The maximum atomic E-state index is 12.7. The molecule has 0 fully saturated rings. The summed E-state index contributed by atoms with van der Waals surface area (Å²) in [6, 6.07) is 14.8. The average Bonchev–Trinajstić information content (AvgIpc) is 2.75. The number of aromatic amines is 1. The van der Waals surface area contributed by atoms with Crippen molar-refractivity contribution in [3.63, 3.8) is 0 Å². The monoisotopic (exact) mass is 452 g/mol. The molecule has 1 heterocycles. The minimum absolute atomic E-state index is 0.0957. The molecule has 0 aliphatic heterocycles. The zero-order valence-electron chi connectivity index (χ0n) is 18.1. The summed E-state index contributed by atoms with van der Waals surface area (Å²) in [5.41, 5.74) is 2.20. The molecule has 0 saturated heterocycles. The number of aryl methyl sites for hydroxylation is 1. The normalized spacial score (nSPS) is 10.8. The van der Waals surface area contributed by atoms with Crippen LogP contribution < -0.4 is 15.8 Å². The molecule has 9 heteroatoms. The molecule has 1 amide bonds. The predicted octanol–water partition coefficient (Wildman–Crippen LogP) is 3.57. The van der Waals surface area contributed by atoms with Gasteiger partial charge < -0.3 is 20.6 Å². The van der Waals surface area contributed by atoms with Gasteiger partial charge in [0.2, 0.25) is 5.91 Å². The molecule has 3 rings (SSSR count). The van der Waals surface area contributed by atoms with Gasteiger partial charge in [-0.05, 0) is 38.2 Å². The Morgan fingerprint density at radius 3 is 2.53 bits per heavy atom. The van der Waals surface area contributed by atoms with Gasteiger partial charge in [-0.25, -0.2) is 4.98 Å². The number of hydrogen-bond acceptors (Lipinski definition) is 6. The molecule has 1 aromatic heterocycles. The third-order valence-corrected chi connectivity index (χ3v) is 5.20. The van der Waals surface area contributed by atoms with E-state index in [0.717, 1.165) is 17.5 Å². The molecule has 166 valence electrons. The van der Waals surface area contributed by atoms with Gasteiger partial charge in [-0.3, -0.25) is 14.5 Å². The van der Waals surface area contributed by atoms with E-state index in [0.29, 0.717) is 16.5 Å². The number of likely N-dealkylation sites (N-methyl/N-ethyl adjacent to an activating group) is 2. The van der Waals surface area contributed by atoms with Crippen LogP contribution in [0.25, 0.3) is 0 Å². The molecule has 0 radical (unpaired) electrons. The first-order valence-corrected chi connectivity index (χ1v) is 10.3. The van der Waals surface area contributed by atoms with Crippen molar-refractivity contribution in [2.24, 2.45) is 0 Å². The fourth-order valence-electron chi connectivity index (χ4n) is 3.11. The zero-order chi connectivity index (χ0) is 23.3. The van der Waals surface area contributed by atoms with Crippen molar-refractivity contribution in [3.8, 4) is 0 Å². The lowest BCUT2D eigenvalue weighted by molar-refractivity contribution is -0.119. The number of nitrogens with zero attached hydrogens (tertiary/aromatic N) is 3. The lowest BCUT2D eigenvalue weighted by atomic mass is 10.2. The quantitative estimate of drug-likeness (QED) is 0.453. The molecule has 0 aliphatic rings. The highest BCUT2D eigenvalue weighted by molar-refractivity contribution is 6.33. The van der Waals surface area contributed by atoms with E-state index in [1.807, 2.05) is 37.3 Å². The zero-order valence-corrected chi connectivity index (χ0v) is 18.9. The van der Waals surface area contributed by atoms with Crippen LogP contribution in [0.5, 0.6) is 0 Å². The van der Waals surface area contributed by atoms with Gasteiger partial charge in [0.25, 0.3) is 5.56 Å². The highest BCUT2D eigenvalue weighted by atomic mass is 35.5. The molecular weight excluding hydrogens is 428 g/mol. The first kappa shape index (κ1) is 23.2. The number of H-pyrrole nitrogens is 1. The summed E-state index contributed by atoms with van der Waals surface area (Å²) >= 11 is 6.19. The van der Waals surface area contributed by atoms with E-state index < -0.39 is 5.56 Å². The van der Waals surface area contributed by atoms with Crippen LogP contribution in [0, 0.1) is 12.3 Å². The van der Waals surface area contributed by atoms with Gasteiger partial charge >= 0.3 is 0 Å². The Morgan fingerprint density at radius 1 is 1.19 bits per heavy atom. The summed E-state index contributed by atoms with van der Waals surface area (Å²) in [6.45, 7) is 2.31. The van der Waals surface area contributed by atoms with Crippen LogP contribution >= 0.6 is 11.6 Å². The number of nitrogens with one attached hydrogen (secondary N) is 3. The van der Waals surface area contributed by atoms with Crippen LogP contribution in [0.2, 0.25) is 5.02 Å². The van der Waals surface area contributed by atoms with Gasteiger partial charge in [0, 0.05) is 18.9 Å². The number of amides is 1. The molecule has 2 aromatic carbocycles. The first-order valence-electron chi connectivity index (χ1n) is 9.95. The molecular formula is C23H25ClN6O2. The molecule has 0 bridgehead atoms. The van der Waals surface area contributed by atoms with Crippen molar-refractivity contribution < 1.29 is 4.79 Å². The molecule has 0 saturated carbocycles. The lowest BCUT2D eigenvalue weighted by Crippen LogP contribution is -2.37. The molecule has 32 heavy (non-hydrogen) atoms. The maximum Gasteiger partial charge on any atom is 0.261 e. The maximum absolute atomic E-state index is 12.7. The highest BCUT2D eigenvalue weighted by Gasteiger charge is 2.17. The summed E-state index contributed by atoms with van der Waals surface area (Å²) in [5.74, 6) is 0.512. The van der Waals surface area contributed by atoms with E-state index in [-0.39, 0.29) is 30.4 Å². The average molecular weight is 453 g/mol. The Labute approximate surface area is 191 Å². The summed E-state index contributed by atoms with van der Waals surface area (Å²) < 4.78 is 0. The van der Waals surface area contributed by atoms with Crippen LogP contribution in [0.3, 0.4) is 0 Å². The van der Waals surface area contributed by atoms with E-state index in [1.165, 1.54) is 4.90 Å². The van der Waals surface area contributed by atoms with Crippen LogP contribution in [0.15, 0.2) is 53.3 Å². The summed E-state index contributed by atoms with van der Waals surface area (Å²) in [7, 11) is 3.43. The van der Waals surface area contributed by atoms with Gasteiger partial charge in [0.1, 0.15) is 11.6 Å². The molecule has 0 spiro atoms. The van der Waals surface area contributed by atoms with Gasteiger partial charge in [-0.2, -0.15) is 0 Å². The van der Waals surface area contributed by atoms with Crippen LogP contribution in [-0.2, 0) is 11.3 Å². The molecule has 0 aliphatic carbocycles. The number of anilines is 3. The number of halogens is 1. The number of para-hydroxylation sites is 1. The van der Waals surface area contributed by atoms with Gasteiger partial charge in [0.05, 0.1) is 29.4 Å². The molecule has 8 nitrogen and oxygen atoms in total. The van der Waals surface area contributed by atoms with Crippen LogP contribution in [0.1, 0.15) is 17.0 Å². The highest BCUT2D eigenvalue weighted by Crippen LogP contribution is 2.24. The fraction of sp³-hybridized carbons (Fsp3) is 0.217. The summed E-state index contributed by atoms with van der Waals surface area (Å²) in [4.78, 5) is 35.6. The van der Waals surface area contributed by atoms with Gasteiger partial charge in [-0.15, -0.1) is 0 Å². The minimum atomic E-state index is -0.424. The third kappa shape index (κ3) is 5.60. The van der Waals surface area contributed by atoms with Gasteiger partial charge in [-0.1, -0.05) is 41.4 Å². The lowest BCUT2D eigenvalue weighted by Gasteiger charge is -2.22. The van der Waals surface area contributed by atoms with Gasteiger partial charge in [0.15, 0.2) is 0 Å². The smallest absolute Gasteiger partial charge is 0.261 e. The largest absolute Gasteiger partial charge is 0.339 e. The van der Waals surface area contributed by atoms with Crippen molar-refractivity contribution in [1.29, 1.82) is 5.41 Å². The number of aromatic nitrogens is 2. The van der Waals surface area contributed by atoms with Crippen molar-refractivity contribution in [3.05, 3.63) is 80.9 Å². The number of carbonyl (C=O) groups excluding carboxylic acids is 1. The topological polar surface area (TPSA) is 105 Å². The molecule has 0 atom stereocenters. The van der Waals surface area contributed by atoms with E-state index in [4.69, 9.17) is 17.0 Å². The standard InChI is InChI=1S/C23H25ClN6O2/c1-15-8-10-16(11-9-15)26-22-17(12-25)23(32)28-20(27-22)13-29(2)14-21(31)30(3)19-7-5-4-6-18(19)24/h4-12,25H,13-14H2,1-3H3,(H2,26,27,28,32). The van der Waals surface area contributed by atoms with Crippen molar-refractivity contribution in [2.75, 3.05) is 30.9 Å². The SMILES string of the molecule is Cc1ccc(Nc2nc(CN(C)CC(=O)N(C)c3ccccc3Cl)[nH]c(=O)c2C=N)cc1. The number of rotatable bonds is 8. The first-order chi connectivity index (χ1) is 15.3. The fourth-order valence-corrected chi connectivity index (χ4v) is 3.38. The van der Waals surface area contributed by atoms with E-state index in [2.05, 4.69) is 15.3 Å². The predicted molar refractivity (Wildman–Crippen MR) is 128 cm³/mol. The van der Waals surface area contributed by atoms with Crippen LogP contribution in [0.4, 0.5) is 17.2 Å². The van der Waals surface area contributed by atoms with E-state index >= 15 is 0 Å². The minimum Gasteiger partial charge on any atom is -0.339 e. The Bertz CT molecular complexity index is 1180. The number of benzene rings is 2. The Morgan fingerprint density at radius 2 is 1.88 bits per heavy atom. The van der Waals surface area contributed by atoms with Crippen molar-refractivity contribution in [1.82, 2.24) is 14.9 Å². The Hall–Kier alpha value is -3.49. The third-order valence-electron chi connectivity index (χ3n) is 4.88. The Balaban J connectivity index is 1.74. The number of hydrogen-bond donors (Lipinski definition) is 3. The molecule has 3 N–H and O–H groups in total. The summed E-state index contributed by atoms with van der Waals surface area (Å²) in [5, 5.41) is 11.2. The second-order valence-electron chi connectivity index (χ2n) is 7.49. The molecule has 3 aromatic rings. The second kappa shape index (κ2) is 10.2. The Kier molecular flexibility index (Phi) is 7.40. The second-order valence-corrected chi connectivity index (χ2v) is 7.89. The van der Waals surface area contributed by atoms with Crippen molar-refractivity contribution >= 4 is 40.9 Å². The number of carbonyl (C=O) groups is 1. The van der Waals surface area contributed by atoms with E-state index in [1.54, 1.807) is 37.2 Å². The van der Waals surface area contributed by atoms with E-state index in [9.17, 15) is 9.59 Å².